The Kier molecular flexibility index (Phi) is 2.98. The molecule has 0 spiro atoms. The van der Waals surface area contributed by atoms with Gasteiger partial charge in [0, 0.05) is 19.3 Å². The zero-order valence-electron chi connectivity index (χ0n) is 10.4. The lowest BCUT2D eigenvalue weighted by molar-refractivity contribution is -0.127. The molecule has 1 fully saturated rings. The molecule has 0 bridgehead atoms. The van der Waals surface area contributed by atoms with Gasteiger partial charge in [-0.2, -0.15) is 5.10 Å². The molecule has 1 saturated carbocycles. The van der Waals surface area contributed by atoms with E-state index in [0.717, 1.165) is 0 Å². The average molecular weight is 251 g/mol. The quantitative estimate of drug-likeness (QED) is 0.315. The van der Waals surface area contributed by atoms with Gasteiger partial charge in [-0.25, -0.2) is 0 Å². The minimum atomic E-state index is -0.897. The number of rotatable bonds is 3. The third-order valence-electron chi connectivity index (χ3n) is 3.38. The molecule has 0 atom stereocenters. The summed E-state index contributed by atoms with van der Waals surface area (Å²) in [6.45, 7) is 2.02. The third-order valence-corrected chi connectivity index (χ3v) is 3.38. The Bertz CT molecular complexity index is 487. The third kappa shape index (κ3) is 1.92. The number of oxime groups is 1. The fourth-order valence-corrected chi connectivity index (χ4v) is 2.45. The minimum absolute atomic E-state index is 0.0333. The van der Waals surface area contributed by atoms with Crippen LogP contribution in [0, 0.1) is 11.3 Å². The highest BCUT2D eigenvalue weighted by Gasteiger charge is 2.52. The second-order valence-corrected chi connectivity index (χ2v) is 4.91. The molecule has 0 unspecified atom stereocenters. The molecule has 7 heteroatoms. The maximum absolute atomic E-state index is 12.2. The van der Waals surface area contributed by atoms with Gasteiger partial charge in [-0.3, -0.25) is 9.48 Å². The number of anilines is 1. The lowest BCUT2D eigenvalue weighted by Crippen LogP contribution is -2.54. The molecule has 1 aliphatic rings. The summed E-state index contributed by atoms with van der Waals surface area (Å²) in [6, 6.07) is 1.69. The Morgan fingerprint density at radius 2 is 2.39 bits per heavy atom. The first kappa shape index (κ1) is 12.4. The van der Waals surface area contributed by atoms with Crippen LogP contribution in [-0.4, -0.2) is 26.7 Å². The number of aryl methyl sites for hydroxylation is 1. The van der Waals surface area contributed by atoms with Crippen LogP contribution in [0.25, 0.3) is 0 Å². The molecule has 1 aromatic heterocycles. The molecule has 0 aliphatic heterocycles. The second kappa shape index (κ2) is 4.32. The summed E-state index contributed by atoms with van der Waals surface area (Å²) >= 11 is 0. The van der Waals surface area contributed by atoms with Gasteiger partial charge in [0.15, 0.2) is 11.7 Å². The number of amidine groups is 1. The summed E-state index contributed by atoms with van der Waals surface area (Å²) in [5.41, 5.74) is 4.75. The number of carbonyl (C=O) groups is 1. The highest BCUT2D eigenvalue weighted by atomic mass is 16.4. The van der Waals surface area contributed by atoms with Crippen molar-refractivity contribution < 1.29 is 10.0 Å². The lowest BCUT2D eigenvalue weighted by atomic mass is 9.61. The van der Waals surface area contributed by atoms with Gasteiger partial charge in [-0.05, 0) is 18.8 Å². The van der Waals surface area contributed by atoms with Crippen molar-refractivity contribution in [3.8, 4) is 0 Å². The van der Waals surface area contributed by atoms with E-state index in [2.05, 4.69) is 15.6 Å². The molecule has 18 heavy (non-hydrogen) atoms. The SMILES string of the molecule is CC1CC(C(=O)Nc2ccn(C)n2)(/C(N)=N/O)C1. The molecular weight excluding hydrogens is 234 g/mol. The predicted octanol–water partition coefficient (Wildman–Crippen LogP) is 0.521. The van der Waals surface area contributed by atoms with Gasteiger partial charge in [0.25, 0.3) is 0 Å². The van der Waals surface area contributed by atoms with Gasteiger partial charge in [0.05, 0.1) is 0 Å². The Morgan fingerprint density at radius 1 is 1.72 bits per heavy atom. The number of hydrogen-bond donors (Lipinski definition) is 3. The maximum Gasteiger partial charge on any atom is 0.239 e. The normalized spacial score (nSPS) is 27.7. The standard InChI is InChI=1S/C11H17N5O2/c1-7-5-11(6-7,9(12)15-18)10(17)13-8-3-4-16(2)14-8/h3-4,7,18H,5-6H2,1-2H3,(H2,12,15)(H,13,14,17). The number of amides is 1. The molecule has 1 aromatic rings. The van der Waals surface area contributed by atoms with Crippen LogP contribution in [0.15, 0.2) is 17.4 Å². The topological polar surface area (TPSA) is 106 Å². The van der Waals surface area contributed by atoms with E-state index in [9.17, 15) is 4.79 Å². The van der Waals surface area contributed by atoms with Crippen LogP contribution in [0.3, 0.4) is 0 Å². The van der Waals surface area contributed by atoms with Crippen LogP contribution in [-0.2, 0) is 11.8 Å². The number of nitrogens with two attached hydrogens (primary N) is 1. The zero-order valence-corrected chi connectivity index (χ0v) is 10.4. The van der Waals surface area contributed by atoms with Crippen molar-refractivity contribution in [2.45, 2.75) is 19.8 Å². The molecule has 1 heterocycles. The highest BCUT2D eigenvalue weighted by Crippen LogP contribution is 2.46. The number of hydrogen-bond acceptors (Lipinski definition) is 4. The fraction of sp³-hybridized carbons (Fsp3) is 0.545. The van der Waals surface area contributed by atoms with E-state index in [4.69, 9.17) is 10.9 Å². The molecule has 4 N–H and O–H groups in total. The predicted molar refractivity (Wildman–Crippen MR) is 66.1 cm³/mol. The van der Waals surface area contributed by atoms with Crippen LogP contribution < -0.4 is 11.1 Å². The van der Waals surface area contributed by atoms with Crippen molar-refractivity contribution in [2.24, 2.45) is 29.3 Å². The Balaban J connectivity index is 2.15. The summed E-state index contributed by atoms with van der Waals surface area (Å²) in [4.78, 5) is 12.2. The van der Waals surface area contributed by atoms with Gasteiger partial charge in [0.1, 0.15) is 5.41 Å². The van der Waals surface area contributed by atoms with Crippen molar-refractivity contribution in [3.63, 3.8) is 0 Å². The summed E-state index contributed by atoms with van der Waals surface area (Å²) < 4.78 is 1.59. The number of nitrogens with zero attached hydrogens (tertiary/aromatic N) is 3. The zero-order chi connectivity index (χ0) is 13.3. The summed E-state index contributed by atoms with van der Waals surface area (Å²) in [7, 11) is 1.76. The van der Waals surface area contributed by atoms with Gasteiger partial charge in [-0.15, -0.1) is 0 Å². The Labute approximate surface area is 105 Å². The molecular formula is C11H17N5O2. The van der Waals surface area contributed by atoms with E-state index in [1.165, 1.54) is 0 Å². The molecule has 0 saturated heterocycles. The highest BCUT2D eigenvalue weighted by molar-refractivity contribution is 6.12. The first-order valence-corrected chi connectivity index (χ1v) is 5.77. The van der Waals surface area contributed by atoms with E-state index in [0.29, 0.717) is 24.6 Å². The second-order valence-electron chi connectivity index (χ2n) is 4.91. The van der Waals surface area contributed by atoms with Crippen molar-refractivity contribution in [2.75, 3.05) is 5.32 Å². The lowest BCUT2D eigenvalue weighted by Gasteiger charge is -2.43. The molecule has 0 aromatic carbocycles. The Morgan fingerprint density at radius 3 is 2.83 bits per heavy atom. The molecule has 98 valence electrons. The summed E-state index contributed by atoms with van der Waals surface area (Å²) in [5, 5.41) is 18.6. The molecule has 2 rings (SSSR count). The van der Waals surface area contributed by atoms with Crippen LogP contribution in [0.5, 0.6) is 0 Å². The van der Waals surface area contributed by atoms with Gasteiger partial charge in [0.2, 0.25) is 5.91 Å². The molecule has 1 aliphatic carbocycles. The maximum atomic E-state index is 12.2. The van der Waals surface area contributed by atoms with E-state index in [-0.39, 0.29) is 11.7 Å². The van der Waals surface area contributed by atoms with Crippen molar-refractivity contribution in [1.29, 1.82) is 0 Å². The largest absolute Gasteiger partial charge is 0.409 e. The van der Waals surface area contributed by atoms with E-state index in [1.54, 1.807) is 24.0 Å². The molecule has 0 radical (unpaired) electrons. The van der Waals surface area contributed by atoms with Crippen LogP contribution in [0.2, 0.25) is 0 Å². The smallest absolute Gasteiger partial charge is 0.239 e. The monoisotopic (exact) mass is 251 g/mol. The average Bonchev–Trinajstić information content (AvgIpc) is 2.69. The van der Waals surface area contributed by atoms with Crippen LogP contribution >= 0.6 is 0 Å². The van der Waals surface area contributed by atoms with Crippen molar-refractivity contribution >= 4 is 17.6 Å². The Hall–Kier alpha value is -2.05. The van der Waals surface area contributed by atoms with Crippen LogP contribution in [0.4, 0.5) is 5.82 Å². The molecule has 7 nitrogen and oxygen atoms in total. The first-order chi connectivity index (χ1) is 8.48. The van der Waals surface area contributed by atoms with Gasteiger partial charge >= 0.3 is 0 Å². The first-order valence-electron chi connectivity index (χ1n) is 5.77. The number of nitrogens with one attached hydrogen (secondary N) is 1. The number of aromatic nitrogens is 2. The summed E-state index contributed by atoms with van der Waals surface area (Å²) in [6.07, 6.45) is 2.90. The van der Waals surface area contributed by atoms with Gasteiger partial charge in [-0.1, -0.05) is 12.1 Å². The van der Waals surface area contributed by atoms with Crippen molar-refractivity contribution in [3.05, 3.63) is 12.3 Å². The van der Waals surface area contributed by atoms with E-state index >= 15 is 0 Å². The van der Waals surface area contributed by atoms with Crippen molar-refractivity contribution in [1.82, 2.24) is 9.78 Å². The van der Waals surface area contributed by atoms with E-state index in [1.807, 2.05) is 6.92 Å². The van der Waals surface area contributed by atoms with E-state index < -0.39 is 5.41 Å². The summed E-state index contributed by atoms with van der Waals surface area (Å²) in [5.74, 6) is 0.551. The van der Waals surface area contributed by atoms with Crippen LogP contribution in [0.1, 0.15) is 19.8 Å². The number of carbonyl (C=O) groups excluding carboxylic acids is 1. The van der Waals surface area contributed by atoms with Gasteiger partial charge < -0.3 is 16.3 Å². The molecule has 1 amide bonds. The fourth-order valence-electron chi connectivity index (χ4n) is 2.45. The minimum Gasteiger partial charge on any atom is -0.409 e.